The van der Waals surface area contributed by atoms with Gasteiger partial charge in [-0.2, -0.15) is 0 Å². The van der Waals surface area contributed by atoms with E-state index in [9.17, 15) is 13.2 Å². The number of carbonyl (C=O) groups is 1. The van der Waals surface area contributed by atoms with Crippen molar-refractivity contribution in [3.05, 3.63) is 29.8 Å². The monoisotopic (exact) mass is 395 g/mol. The number of benzene rings is 1. The van der Waals surface area contributed by atoms with Crippen LogP contribution in [0.2, 0.25) is 0 Å². The Bertz CT molecular complexity index is 747. The van der Waals surface area contributed by atoms with Crippen LogP contribution in [0.4, 0.5) is 5.69 Å². The lowest BCUT2D eigenvalue weighted by Crippen LogP contribution is -2.38. The van der Waals surface area contributed by atoms with Gasteiger partial charge < -0.3 is 15.5 Å². The number of hydrogen-bond donors (Lipinski definition) is 3. The first kappa shape index (κ1) is 21.2. The molecule has 1 aromatic carbocycles. The molecule has 8 nitrogen and oxygen atoms in total. The fraction of sp³-hybridized carbons (Fsp3) is 0.556. The summed E-state index contributed by atoms with van der Waals surface area (Å²) in [7, 11) is -1.44. The second kappa shape index (κ2) is 10.3. The minimum Gasteiger partial charge on any atom is -0.356 e. The van der Waals surface area contributed by atoms with E-state index in [4.69, 9.17) is 0 Å². The Morgan fingerprint density at radius 1 is 1.19 bits per heavy atom. The van der Waals surface area contributed by atoms with Crippen molar-refractivity contribution in [2.24, 2.45) is 4.99 Å². The molecule has 9 heteroatoms. The number of rotatable bonds is 9. The van der Waals surface area contributed by atoms with Crippen LogP contribution in [0.5, 0.6) is 0 Å². The average molecular weight is 396 g/mol. The lowest BCUT2D eigenvalue weighted by molar-refractivity contribution is -0.117. The van der Waals surface area contributed by atoms with E-state index < -0.39 is 10.0 Å². The Morgan fingerprint density at radius 3 is 2.52 bits per heavy atom. The molecule has 3 N–H and O–H groups in total. The molecule has 1 saturated heterocycles. The van der Waals surface area contributed by atoms with Gasteiger partial charge in [-0.25, -0.2) is 13.1 Å². The first-order chi connectivity index (χ1) is 12.9. The maximum Gasteiger partial charge on any atom is 0.227 e. The van der Waals surface area contributed by atoms with Gasteiger partial charge in [-0.15, -0.1) is 0 Å². The summed E-state index contributed by atoms with van der Waals surface area (Å²) in [6, 6.07) is 7.94. The van der Waals surface area contributed by atoms with E-state index in [-0.39, 0.29) is 11.7 Å². The third kappa shape index (κ3) is 6.84. The zero-order valence-corrected chi connectivity index (χ0v) is 16.8. The van der Waals surface area contributed by atoms with Crippen LogP contribution in [0.15, 0.2) is 29.3 Å². The van der Waals surface area contributed by atoms with Crippen LogP contribution in [0, 0.1) is 0 Å². The van der Waals surface area contributed by atoms with Crippen molar-refractivity contribution in [1.29, 1.82) is 0 Å². The topological polar surface area (TPSA) is 103 Å². The predicted octanol–water partition coefficient (Wildman–Crippen LogP) is 0.808. The van der Waals surface area contributed by atoms with Gasteiger partial charge in [0.05, 0.1) is 5.75 Å². The molecule has 0 spiro atoms. The van der Waals surface area contributed by atoms with Gasteiger partial charge in [-0.3, -0.25) is 9.79 Å². The van der Waals surface area contributed by atoms with E-state index >= 15 is 0 Å². The molecule has 2 rings (SSSR count). The fourth-order valence-corrected chi connectivity index (χ4v) is 3.41. The quantitative estimate of drug-likeness (QED) is 0.326. The second-order valence-corrected chi connectivity index (χ2v) is 8.41. The number of guanidine groups is 1. The maximum absolute atomic E-state index is 11.8. The number of nitrogens with zero attached hydrogens (tertiary/aromatic N) is 2. The van der Waals surface area contributed by atoms with Gasteiger partial charge in [0, 0.05) is 45.3 Å². The average Bonchev–Trinajstić information content (AvgIpc) is 3.10. The van der Waals surface area contributed by atoms with Crippen molar-refractivity contribution in [2.75, 3.05) is 37.3 Å². The van der Waals surface area contributed by atoms with Crippen molar-refractivity contribution < 1.29 is 13.2 Å². The molecule has 1 aliphatic rings. The number of hydrogen-bond acceptors (Lipinski definition) is 4. The number of anilines is 1. The molecular weight excluding hydrogens is 366 g/mol. The van der Waals surface area contributed by atoms with Gasteiger partial charge in [0.15, 0.2) is 5.96 Å². The third-order valence-electron chi connectivity index (χ3n) is 4.35. The van der Waals surface area contributed by atoms with Gasteiger partial charge in [0.2, 0.25) is 15.9 Å². The van der Waals surface area contributed by atoms with E-state index in [0.717, 1.165) is 24.2 Å². The summed E-state index contributed by atoms with van der Waals surface area (Å²) in [5.74, 6) is 0.938. The summed E-state index contributed by atoms with van der Waals surface area (Å²) >= 11 is 0. The van der Waals surface area contributed by atoms with Gasteiger partial charge in [-0.05, 0) is 37.5 Å². The highest BCUT2D eigenvalue weighted by Gasteiger charge is 2.21. The summed E-state index contributed by atoms with van der Waals surface area (Å²) in [4.78, 5) is 17.8. The minimum atomic E-state index is -3.13. The van der Waals surface area contributed by atoms with Gasteiger partial charge >= 0.3 is 0 Å². The molecule has 0 radical (unpaired) electrons. The number of nitrogens with one attached hydrogen (secondary N) is 3. The molecule has 27 heavy (non-hydrogen) atoms. The summed E-state index contributed by atoms with van der Waals surface area (Å²) in [6.45, 7) is 4.03. The van der Waals surface area contributed by atoms with Gasteiger partial charge in [0.1, 0.15) is 0 Å². The number of carbonyl (C=O) groups excluding carboxylic acids is 1. The Morgan fingerprint density at radius 2 is 1.93 bits per heavy atom. The van der Waals surface area contributed by atoms with E-state index in [2.05, 4.69) is 20.3 Å². The Kier molecular flexibility index (Phi) is 8.05. The zero-order valence-electron chi connectivity index (χ0n) is 16.0. The van der Waals surface area contributed by atoms with Gasteiger partial charge in [-0.1, -0.05) is 12.1 Å². The zero-order chi connectivity index (χ0) is 19.7. The standard InChI is InChI=1S/C18H29N5O3S/c1-3-27(25,26)22-12-5-11-20-18(19-2)21-14-15-7-9-16(10-8-15)23-13-4-6-17(23)24/h7-10,22H,3-6,11-14H2,1-2H3,(H2,19,20,21). The van der Waals surface area contributed by atoms with E-state index in [1.54, 1.807) is 14.0 Å². The third-order valence-corrected chi connectivity index (χ3v) is 5.76. The maximum atomic E-state index is 11.8. The normalized spacial score (nSPS) is 15.3. The van der Waals surface area contributed by atoms with Crippen molar-refractivity contribution in [2.45, 2.75) is 32.7 Å². The lowest BCUT2D eigenvalue weighted by atomic mass is 10.2. The van der Waals surface area contributed by atoms with Gasteiger partial charge in [0.25, 0.3) is 0 Å². The summed E-state index contributed by atoms with van der Waals surface area (Å²) < 4.78 is 25.2. The van der Waals surface area contributed by atoms with Crippen LogP contribution in [-0.4, -0.2) is 52.7 Å². The van der Waals surface area contributed by atoms with Crippen molar-refractivity contribution in [1.82, 2.24) is 15.4 Å². The van der Waals surface area contributed by atoms with E-state index in [1.807, 2.05) is 29.2 Å². The first-order valence-electron chi connectivity index (χ1n) is 9.26. The van der Waals surface area contributed by atoms with Crippen molar-refractivity contribution in [3.63, 3.8) is 0 Å². The van der Waals surface area contributed by atoms with Crippen LogP contribution < -0.4 is 20.3 Å². The molecule has 1 aromatic rings. The summed E-state index contributed by atoms with van der Waals surface area (Å²) in [5, 5.41) is 6.38. The van der Waals surface area contributed by atoms with Crippen molar-refractivity contribution >= 4 is 27.6 Å². The molecule has 1 fully saturated rings. The molecule has 0 atom stereocenters. The highest BCUT2D eigenvalue weighted by molar-refractivity contribution is 7.89. The van der Waals surface area contributed by atoms with E-state index in [1.165, 1.54) is 0 Å². The molecule has 1 aliphatic heterocycles. The largest absolute Gasteiger partial charge is 0.356 e. The fourth-order valence-electron chi connectivity index (χ4n) is 2.75. The SMILES string of the molecule is CCS(=O)(=O)NCCCNC(=NC)NCc1ccc(N2CCCC2=O)cc1. The molecule has 1 amide bonds. The van der Waals surface area contributed by atoms with E-state index in [0.29, 0.717) is 38.4 Å². The highest BCUT2D eigenvalue weighted by atomic mass is 32.2. The molecule has 0 aliphatic carbocycles. The molecular formula is C18H29N5O3S. The predicted molar refractivity (Wildman–Crippen MR) is 108 cm³/mol. The number of amides is 1. The molecule has 150 valence electrons. The smallest absolute Gasteiger partial charge is 0.227 e. The second-order valence-electron chi connectivity index (χ2n) is 6.32. The van der Waals surface area contributed by atoms with Crippen LogP contribution in [0.3, 0.4) is 0 Å². The van der Waals surface area contributed by atoms with Crippen LogP contribution in [-0.2, 0) is 21.4 Å². The minimum absolute atomic E-state index is 0.0916. The Labute approximate surface area is 161 Å². The van der Waals surface area contributed by atoms with Crippen LogP contribution in [0.25, 0.3) is 0 Å². The van der Waals surface area contributed by atoms with Crippen molar-refractivity contribution in [3.8, 4) is 0 Å². The molecule has 0 saturated carbocycles. The molecule has 0 bridgehead atoms. The Hall–Kier alpha value is -2.13. The summed E-state index contributed by atoms with van der Waals surface area (Å²) in [5.41, 5.74) is 2.03. The number of sulfonamides is 1. The molecule has 1 heterocycles. The lowest BCUT2D eigenvalue weighted by Gasteiger charge is -2.16. The highest BCUT2D eigenvalue weighted by Crippen LogP contribution is 2.21. The van der Waals surface area contributed by atoms with Crippen LogP contribution >= 0.6 is 0 Å². The molecule has 0 aromatic heterocycles. The van der Waals surface area contributed by atoms with Crippen LogP contribution in [0.1, 0.15) is 31.7 Å². The number of aliphatic imine (C=N–C) groups is 1. The summed E-state index contributed by atoms with van der Waals surface area (Å²) in [6.07, 6.45) is 2.22. The first-order valence-corrected chi connectivity index (χ1v) is 10.9. The Balaban J connectivity index is 1.71. The molecule has 0 unspecified atom stereocenters.